The van der Waals surface area contributed by atoms with Crippen LogP contribution in [0.2, 0.25) is 0 Å². The largest absolute Gasteiger partial charge is 0.494 e. The lowest BCUT2D eigenvalue weighted by Crippen LogP contribution is -2.44. The highest BCUT2D eigenvalue weighted by molar-refractivity contribution is 7.99. The maximum atomic E-state index is 13.0. The highest BCUT2D eigenvalue weighted by Gasteiger charge is 2.26. The summed E-state index contributed by atoms with van der Waals surface area (Å²) in [5, 5.41) is 9.58. The zero-order valence-electron chi connectivity index (χ0n) is 18.6. The molecule has 0 spiro atoms. The number of rotatable bonds is 8. The van der Waals surface area contributed by atoms with Gasteiger partial charge in [-0.3, -0.25) is 14.3 Å². The molecule has 4 rings (SSSR count). The number of amides is 1. The molecule has 0 N–H and O–H groups in total. The van der Waals surface area contributed by atoms with Gasteiger partial charge in [0.15, 0.2) is 11.0 Å². The van der Waals surface area contributed by atoms with E-state index in [1.54, 1.807) is 12.4 Å². The van der Waals surface area contributed by atoms with E-state index < -0.39 is 0 Å². The highest BCUT2D eigenvalue weighted by Crippen LogP contribution is 2.29. The van der Waals surface area contributed by atoms with Crippen LogP contribution < -0.4 is 4.74 Å². The summed E-state index contributed by atoms with van der Waals surface area (Å²) in [6, 6.07) is 12.0. The first-order valence-electron chi connectivity index (χ1n) is 11.2. The smallest absolute Gasteiger partial charge is 0.233 e. The first-order valence-corrected chi connectivity index (χ1v) is 12.2. The summed E-state index contributed by atoms with van der Waals surface area (Å²) in [7, 11) is 0. The van der Waals surface area contributed by atoms with Gasteiger partial charge in [0.1, 0.15) is 5.75 Å². The predicted octanol–water partition coefficient (Wildman–Crippen LogP) is 4.61. The Bertz CT molecular complexity index is 1020. The molecule has 3 heterocycles. The van der Waals surface area contributed by atoms with E-state index >= 15 is 0 Å². The topological polar surface area (TPSA) is 73.1 Å². The third-order valence-electron chi connectivity index (χ3n) is 5.72. The number of benzene rings is 1. The molecule has 0 saturated carbocycles. The molecule has 8 heteroatoms. The quantitative estimate of drug-likeness (QED) is 0.466. The van der Waals surface area contributed by atoms with Gasteiger partial charge in [-0.05, 0) is 69.0 Å². The van der Waals surface area contributed by atoms with Gasteiger partial charge in [0.2, 0.25) is 5.91 Å². The Morgan fingerprint density at radius 1 is 1.09 bits per heavy atom. The summed E-state index contributed by atoms with van der Waals surface area (Å²) in [5.74, 6) is 2.06. The molecule has 0 bridgehead atoms. The molecule has 3 aromatic rings. The Balaban J connectivity index is 1.60. The van der Waals surface area contributed by atoms with Crippen molar-refractivity contribution in [2.75, 3.05) is 18.9 Å². The van der Waals surface area contributed by atoms with Gasteiger partial charge in [-0.15, -0.1) is 10.2 Å². The van der Waals surface area contributed by atoms with E-state index in [2.05, 4.69) is 27.0 Å². The fraction of sp³-hybridized carbons (Fsp3) is 0.417. The normalized spacial score (nSPS) is 16.2. The number of likely N-dealkylation sites (tertiary alicyclic amines) is 1. The van der Waals surface area contributed by atoms with Crippen LogP contribution in [0.3, 0.4) is 0 Å². The Morgan fingerprint density at radius 3 is 2.59 bits per heavy atom. The molecule has 1 amide bonds. The molecule has 1 unspecified atom stereocenters. The van der Waals surface area contributed by atoms with Gasteiger partial charge in [-0.1, -0.05) is 18.7 Å². The second-order valence-electron chi connectivity index (χ2n) is 7.74. The summed E-state index contributed by atoms with van der Waals surface area (Å²) >= 11 is 1.44. The van der Waals surface area contributed by atoms with E-state index in [0.717, 1.165) is 48.6 Å². The van der Waals surface area contributed by atoms with Crippen molar-refractivity contribution in [3.05, 3.63) is 48.8 Å². The molecule has 1 aromatic carbocycles. The number of piperidine rings is 1. The Hall–Kier alpha value is -2.87. The number of carbonyl (C=O) groups excluding carboxylic acids is 1. The van der Waals surface area contributed by atoms with E-state index in [0.29, 0.717) is 23.6 Å². The Labute approximate surface area is 193 Å². The van der Waals surface area contributed by atoms with Crippen molar-refractivity contribution < 1.29 is 9.53 Å². The molecule has 1 aliphatic heterocycles. The van der Waals surface area contributed by atoms with Crippen molar-refractivity contribution in [1.82, 2.24) is 24.6 Å². The van der Waals surface area contributed by atoms with Gasteiger partial charge in [0.25, 0.3) is 0 Å². The van der Waals surface area contributed by atoms with Crippen LogP contribution in [0.15, 0.2) is 53.9 Å². The van der Waals surface area contributed by atoms with Crippen LogP contribution in [0.5, 0.6) is 5.75 Å². The van der Waals surface area contributed by atoms with Crippen LogP contribution in [0, 0.1) is 0 Å². The SMILES string of the molecule is CCOc1ccc(-n2c(SCC(=O)N3CCCCC3CC)nnc2-c2ccncc2)cc1. The average molecular weight is 452 g/mol. The lowest BCUT2D eigenvalue weighted by atomic mass is 10.0. The predicted molar refractivity (Wildman–Crippen MR) is 126 cm³/mol. The van der Waals surface area contributed by atoms with Crippen LogP contribution in [0.25, 0.3) is 17.1 Å². The van der Waals surface area contributed by atoms with E-state index in [1.807, 2.05) is 47.9 Å². The maximum Gasteiger partial charge on any atom is 0.233 e. The third kappa shape index (κ3) is 4.96. The van der Waals surface area contributed by atoms with Gasteiger partial charge in [0.05, 0.1) is 12.4 Å². The number of nitrogens with zero attached hydrogens (tertiary/aromatic N) is 5. The van der Waals surface area contributed by atoms with E-state index in [-0.39, 0.29) is 5.91 Å². The third-order valence-corrected chi connectivity index (χ3v) is 6.63. The second-order valence-corrected chi connectivity index (χ2v) is 8.68. The highest BCUT2D eigenvalue weighted by atomic mass is 32.2. The number of ether oxygens (including phenoxy) is 1. The number of aromatic nitrogens is 4. The van der Waals surface area contributed by atoms with Crippen molar-refractivity contribution in [1.29, 1.82) is 0 Å². The second kappa shape index (κ2) is 10.6. The van der Waals surface area contributed by atoms with Crippen LogP contribution in [-0.2, 0) is 4.79 Å². The van der Waals surface area contributed by atoms with Crippen molar-refractivity contribution in [3.63, 3.8) is 0 Å². The standard InChI is InChI=1S/C24H29N5O2S/c1-3-19-7-5-6-16-28(19)22(30)17-32-24-27-26-23(18-12-14-25-15-13-18)29(24)20-8-10-21(11-9-20)31-4-2/h8-15,19H,3-7,16-17H2,1-2H3. The summed E-state index contributed by atoms with van der Waals surface area (Å²) in [4.78, 5) is 19.2. The maximum absolute atomic E-state index is 13.0. The lowest BCUT2D eigenvalue weighted by molar-refractivity contribution is -0.132. The molecule has 168 valence electrons. The number of thioether (sulfide) groups is 1. The van der Waals surface area contributed by atoms with Gasteiger partial charge >= 0.3 is 0 Å². The number of pyridine rings is 1. The summed E-state index contributed by atoms with van der Waals surface area (Å²) in [6.45, 7) is 5.60. The van der Waals surface area contributed by atoms with Gasteiger partial charge in [0, 0.05) is 36.2 Å². The molecule has 1 atom stereocenters. The van der Waals surface area contributed by atoms with Crippen molar-refractivity contribution >= 4 is 17.7 Å². The van der Waals surface area contributed by atoms with E-state index in [1.165, 1.54) is 18.2 Å². The molecular formula is C24H29N5O2S. The summed E-state index contributed by atoms with van der Waals surface area (Å²) in [5.41, 5.74) is 1.84. The summed E-state index contributed by atoms with van der Waals surface area (Å²) < 4.78 is 7.58. The molecule has 7 nitrogen and oxygen atoms in total. The monoisotopic (exact) mass is 451 g/mol. The Kier molecular flexibility index (Phi) is 7.42. The fourth-order valence-corrected chi connectivity index (χ4v) is 4.94. The molecule has 1 saturated heterocycles. The number of hydrogen-bond donors (Lipinski definition) is 0. The van der Waals surface area contributed by atoms with Gasteiger partial charge in [-0.25, -0.2) is 0 Å². The molecule has 0 radical (unpaired) electrons. The van der Waals surface area contributed by atoms with Crippen LogP contribution >= 0.6 is 11.8 Å². The van der Waals surface area contributed by atoms with E-state index in [9.17, 15) is 4.79 Å². The minimum atomic E-state index is 0.174. The minimum Gasteiger partial charge on any atom is -0.494 e. The first-order chi connectivity index (χ1) is 15.7. The van der Waals surface area contributed by atoms with Crippen LogP contribution in [0.1, 0.15) is 39.5 Å². The van der Waals surface area contributed by atoms with Crippen LogP contribution in [0.4, 0.5) is 0 Å². The zero-order chi connectivity index (χ0) is 22.3. The lowest BCUT2D eigenvalue weighted by Gasteiger charge is -2.35. The Morgan fingerprint density at radius 2 is 1.88 bits per heavy atom. The van der Waals surface area contributed by atoms with Crippen molar-refractivity contribution in [2.45, 2.75) is 50.7 Å². The fourth-order valence-electron chi connectivity index (χ4n) is 4.10. The molecular weight excluding hydrogens is 422 g/mol. The summed E-state index contributed by atoms with van der Waals surface area (Å²) in [6.07, 6.45) is 7.87. The zero-order valence-corrected chi connectivity index (χ0v) is 19.4. The van der Waals surface area contributed by atoms with Crippen LogP contribution in [-0.4, -0.2) is 55.5 Å². The molecule has 1 fully saturated rings. The number of carbonyl (C=O) groups is 1. The average Bonchev–Trinajstić information content (AvgIpc) is 3.27. The van der Waals surface area contributed by atoms with E-state index in [4.69, 9.17) is 4.74 Å². The van der Waals surface area contributed by atoms with Gasteiger partial charge < -0.3 is 9.64 Å². The molecule has 1 aliphatic rings. The minimum absolute atomic E-state index is 0.174. The molecule has 0 aliphatic carbocycles. The van der Waals surface area contributed by atoms with Gasteiger partial charge in [-0.2, -0.15) is 0 Å². The molecule has 32 heavy (non-hydrogen) atoms. The van der Waals surface area contributed by atoms with Crippen molar-refractivity contribution in [3.8, 4) is 22.8 Å². The first kappa shape index (κ1) is 22.3. The van der Waals surface area contributed by atoms with Crippen molar-refractivity contribution in [2.24, 2.45) is 0 Å². The molecule has 2 aromatic heterocycles. The number of hydrogen-bond acceptors (Lipinski definition) is 6.